The number of fused-ring (bicyclic) bond motifs is 1. The SMILES string of the molecule is COc1cc2[nH]c([C@@H]3O[C@@](C)(C(F)(F)F)[C@@H](C)[C@H]3c3ccc(F)c(F)c3OC)cc(=O)c2cc1OC. The fourth-order valence-electron chi connectivity index (χ4n) is 4.83. The van der Waals surface area contributed by atoms with Crippen LogP contribution >= 0.6 is 0 Å². The first-order valence-electron chi connectivity index (χ1n) is 10.9. The molecule has 11 heteroatoms. The van der Waals surface area contributed by atoms with Gasteiger partial charge in [0, 0.05) is 40.6 Å². The third kappa shape index (κ3) is 3.85. The van der Waals surface area contributed by atoms with Crippen molar-refractivity contribution in [3.8, 4) is 17.2 Å². The van der Waals surface area contributed by atoms with E-state index in [1.165, 1.54) is 39.3 Å². The zero-order chi connectivity index (χ0) is 26.6. The van der Waals surface area contributed by atoms with Crippen LogP contribution in [0.3, 0.4) is 0 Å². The van der Waals surface area contributed by atoms with Crippen LogP contribution in [0.25, 0.3) is 10.9 Å². The molecule has 1 fully saturated rings. The average Bonchev–Trinajstić information content (AvgIpc) is 3.11. The smallest absolute Gasteiger partial charge is 0.417 e. The van der Waals surface area contributed by atoms with Gasteiger partial charge in [-0.1, -0.05) is 13.0 Å². The fourth-order valence-corrected chi connectivity index (χ4v) is 4.83. The van der Waals surface area contributed by atoms with Crippen molar-refractivity contribution >= 4 is 10.9 Å². The van der Waals surface area contributed by atoms with E-state index in [2.05, 4.69) is 4.98 Å². The van der Waals surface area contributed by atoms with Crippen molar-refractivity contribution < 1.29 is 40.9 Å². The molecule has 3 aromatic rings. The van der Waals surface area contributed by atoms with Crippen LogP contribution in [0, 0.1) is 17.6 Å². The molecule has 1 aromatic heterocycles. The molecule has 194 valence electrons. The van der Waals surface area contributed by atoms with E-state index in [4.69, 9.17) is 18.9 Å². The predicted molar refractivity (Wildman–Crippen MR) is 121 cm³/mol. The van der Waals surface area contributed by atoms with Gasteiger partial charge < -0.3 is 23.9 Å². The topological polar surface area (TPSA) is 69.8 Å². The first kappa shape index (κ1) is 25.7. The zero-order valence-corrected chi connectivity index (χ0v) is 20.0. The minimum atomic E-state index is -4.81. The number of benzene rings is 2. The Morgan fingerprint density at radius 3 is 2.22 bits per heavy atom. The molecule has 0 bridgehead atoms. The quantitative estimate of drug-likeness (QED) is 0.447. The Kier molecular flexibility index (Phi) is 6.40. The molecule has 1 aliphatic rings. The van der Waals surface area contributed by atoms with Crippen LogP contribution < -0.4 is 19.6 Å². The van der Waals surface area contributed by atoms with E-state index in [-0.39, 0.29) is 27.9 Å². The number of hydrogen-bond acceptors (Lipinski definition) is 5. The molecule has 0 spiro atoms. The number of aromatic nitrogens is 1. The van der Waals surface area contributed by atoms with Crippen LogP contribution in [0.2, 0.25) is 0 Å². The monoisotopic (exact) mass is 513 g/mol. The molecule has 6 nitrogen and oxygen atoms in total. The average molecular weight is 513 g/mol. The van der Waals surface area contributed by atoms with Crippen LogP contribution in [-0.4, -0.2) is 38.1 Å². The van der Waals surface area contributed by atoms with Gasteiger partial charge in [0.05, 0.1) is 26.8 Å². The van der Waals surface area contributed by atoms with Crippen LogP contribution in [0.1, 0.15) is 37.1 Å². The lowest BCUT2D eigenvalue weighted by molar-refractivity contribution is -0.275. The molecule has 2 aromatic carbocycles. The van der Waals surface area contributed by atoms with Crippen molar-refractivity contribution in [3.05, 3.63) is 63.4 Å². The van der Waals surface area contributed by atoms with Crippen LogP contribution in [0.4, 0.5) is 22.0 Å². The normalized spacial score (nSPS) is 24.2. The maximum atomic E-state index is 14.6. The van der Waals surface area contributed by atoms with Crippen molar-refractivity contribution in [1.82, 2.24) is 4.98 Å². The Morgan fingerprint density at radius 2 is 1.64 bits per heavy atom. The van der Waals surface area contributed by atoms with E-state index in [0.29, 0.717) is 5.75 Å². The van der Waals surface area contributed by atoms with Crippen molar-refractivity contribution in [2.75, 3.05) is 21.3 Å². The third-order valence-corrected chi connectivity index (χ3v) is 6.97. The van der Waals surface area contributed by atoms with Gasteiger partial charge in [-0.2, -0.15) is 17.6 Å². The van der Waals surface area contributed by atoms with E-state index in [0.717, 1.165) is 26.2 Å². The highest BCUT2D eigenvalue weighted by molar-refractivity contribution is 5.82. The highest BCUT2D eigenvalue weighted by Crippen LogP contribution is 2.59. The van der Waals surface area contributed by atoms with Gasteiger partial charge in [-0.25, -0.2) is 4.39 Å². The van der Waals surface area contributed by atoms with Gasteiger partial charge in [0.25, 0.3) is 0 Å². The molecular formula is C25H24F5NO5. The molecule has 0 aliphatic carbocycles. The second-order valence-corrected chi connectivity index (χ2v) is 8.78. The summed E-state index contributed by atoms with van der Waals surface area (Å²) in [6, 6.07) is 6.05. The van der Waals surface area contributed by atoms with Crippen molar-refractivity contribution in [2.45, 2.75) is 37.6 Å². The molecule has 1 saturated heterocycles. The minimum Gasteiger partial charge on any atom is -0.493 e. The summed E-state index contributed by atoms with van der Waals surface area (Å²) in [7, 11) is 3.89. The van der Waals surface area contributed by atoms with Gasteiger partial charge in [0.15, 0.2) is 34.1 Å². The highest BCUT2D eigenvalue weighted by atomic mass is 19.4. The van der Waals surface area contributed by atoms with Crippen LogP contribution in [0.5, 0.6) is 17.2 Å². The lowest BCUT2D eigenvalue weighted by Crippen LogP contribution is -2.46. The van der Waals surface area contributed by atoms with Crippen molar-refractivity contribution in [3.63, 3.8) is 0 Å². The lowest BCUT2D eigenvalue weighted by Gasteiger charge is -2.32. The van der Waals surface area contributed by atoms with E-state index >= 15 is 0 Å². The Hall–Kier alpha value is -3.34. The number of nitrogens with one attached hydrogen (secondary N) is 1. The molecule has 0 unspecified atom stereocenters. The molecule has 0 saturated carbocycles. The summed E-state index contributed by atoms with van der Waals surface area (Å²) < 4.78 is 92.3. The molecule has 36 heavy (non-hydrogen) atoms. The van der Waals surface area contributed by atoms with Gasteiger partial charge in [-0.3, -0.25) is 4.79 Å². The maximum absolute atomic E-state index is 14.6. The molecule has 0 amide bonds. The summed E-state index contributed by atoms with van der Waals surface area (Å²) in [4.78, 5) is 16.0. The first-order chi connectivity index (χ1) is 16.9. The molecule has 0 radical (unpaired) electrons. The molecule has 1 N–H and O–H groups in total. The predicted octanol–water partition coefficient (Wildman–Crippen LogP) is 5.64. The number of ether oxygens (including phenoxy) is 4. The summed E-state index contributed by atoms with van der Waals surface area (Å²) in [5, 5.41) is 0.211. The summed E-state index contributed by atoms with van der Waals surface area (Å²) in [5.74, 6) is -4.91. The fraction of sp³-hybridized carbons (Fsp3) is 0.400. The Balaban J connectivity index is 1.97. The number of hydrogen-bond donors (Lipinski definition) is 1. The van der Waals surface area contributed by atoms with Gasteiger partial charge in [0.2, 0.25) is 5.82 Å². The number of pyridine rings is 1. The van der Waals surface area contributed by atoms with Crippen LogP contribution in [-0.2, 0) is 4.74 Å². The molecule has 4 rings (SSSR count). The summed E-state index contributed by atoms with van der Waals surface area (Å²) >= 11 is 0. The number of aromatic amines is 1. The van der Waals surface area contributed by atoms with E-state index in [1.54, 1.807) is 0 Å². The summed E-state index contributed by atoms with van der Waals surface area (Å²) in [5.41, 5.74) is -2.90. The molecule has 1 aliphatic heterocycles. The van der Waals surface area contributed by atoms with E-state index in [9.17, 15) is 26.7 Å². The zero-order valence-electron chi connectivity index (χ0n) is 20.0. The molecule has 2 heterocycles. The second kappa shape index (κ2) is 8.95. The lowest BCUT2D eigenvalue weighted by atomic mass is 9.76. The number of H-pyrrole nitrogens is 1. The Morgan fingerprint density at radius 1 is 1.00 bits per heavy atom. The van der Waals surface area contributed by atoms with Gasteiger partial charge >= 0.3 is 6.18 Å². The van der Waals surface area contributed by atoms with Gasteiger partial charge in [0.1, 0.15) is 6.10 Å². The second-order valence-electron chi connectivity index (χ2n) is 8.78. The third-order valence-electron chi connectivity index (χ3n) is 6.97. The van der Waals surface area contributed by atoms with Crippen LogP contribution in [0.15, 0.2) is 35.1 Å². The van der Waals surface area contributed by atoms with Crippen molar-refractivity contribution in [1.29, 1.82) is 0 Å². The minimum absolute atomic E-state index is 0.0184. The van der Waals surface area contributed by atoms with E-state index < -0.39 is 52.5 Å². The Labute approximate surface area is 202 Å². The molecule has 4 atom stereocenters. The number of halogens is 5. The molecular weight excluding hydrogens is 489 g/mol. The number of methoxy groups -OCH3 is 3. The maximum Gasteiger partial charge on any atom is 0.417 e. The van der Waals surface area contributed by atoms with Gasteiger partial charge in [-0.05, 0) is 19.1 Å². The number of rotatable bonds is 5. The van der Waals surface area contributed by atoms with Gasteiger partial charge in [-0.15, -0.1) is 0 Å². The Bertz CT molecular complexity index is 1370. The van der Waals surface area contributed by atoms with E-state index in [1.807, 2.05) is 0 Å². The number of alkyl halides is 3. The highest BCUT2D eigenvalue weighted by Gasteiger charge is 2.65. The standard InChI is InChI=1S/C25H24F5NO5/c1-11-20(12-6-7-14(26)21(27)22(12)35-5)23(36-24(11,2)25(28,29)30)16-9-17(32)13-8-18(33-3)19(34-4)10-15(13)31-16/h6-11,20,23H,1-5H3,(H,31,32)/t11-,20-,23-,24+/m0/s1. The summed E-state index contributed by atoms with van der Waals surface area (Å²) in [6.07, 6.45) is -6.19. The summed E-state index contributed by atoms with van der Waals surface area (Å²) in [6.45, 7) is 2.20. The first-order valence-corrected chi connectivity index (χ1v) is 10.9. The largest absolute Gasteiger partial charge is 0.493 e. The van der Waals surface area contributed by atoms with Crippen molar-refractivity contribution in [2.24, 2.45) is 5.92 Å².